The molecular weight excluding hydrogens is 188 g/mol. The molecule has 0 saturated carbocycles. The van der Waals surface area contributed by atoms with Crippen molar-refractivity contribution in [2.24, 2.45) is 0 Å². The quantitative estimate of drug-likeness (QED) is 0.433. The van der Waals surface area contributed by atoms with E-state index in [0.29, 0.717) is 6.42 Å². The van der Waals surface area contributed by atoms with Gasteiger partial charge in [-0.3, -0.25) is 0 Å². The molecule has 0 spiro atoms. The molecule has 15 heavy (non-hydrogen) atoms. The third kappa shape index (κ3) is 11.6. The maximum atomic E-state index is 9.28. The van der Waals surface area contributed by atoms with Gasteiger partial charge >= 0.3 is 0 Å². The minimum absolute atomic E-state index is 0.0581. The van der Waals surface area contributed by atoms with E-state index < -0.39 is 6.10 Å². The Kier molecular flexibility index (Phi) is 11.5. The highest BCUT2D eigenvalue weighted by Gasteiger charge is 1.95. The number of allylic oxidation sites excluding steroid dienone is 1. The van der Waals surface area contributed by atoms with Crippen molar-refractivity contribution >= 4 is 0 Å². The summed E-state index contributed by atoms with van der Waals surface area (Å²) in [5.74, 6) is 0. The van der Waals surface area contributed by atoms with Crippen molar-refractivity contribution in [2.45, 2.75) is 64.4 Å². The molecule has 0 aromatic carbocycles. The lowest BCUT2D eigenvalue weighted by molar-refractivity contribution is 0.170. The van der Waals surface area contributed by atoms with Gasteiger partial charge in [0.25, 0.3) is 0 Å². The second-order valence-corrected chi connectivity index (χ2v) is 4.06. The summed E-state index contributed by atoms with van der Waals surface area (Å²) in [5, 5.41) is 17.8. The van der Waals surface area contributed by atoms with Crippen molar-refractivity contribution in [3.8, 4) is 0 Å². The van der Waals surface area contributed by atoms with Crippen LogP contribution in [0.4, 0.5) is 0 Å². The number of aliphatic hydroxyl groups excluding tert-OH is 2. The van der Waals surface area contributed by atoms with E-state index in [1.807, 2.05) is 6.08 Å². The maximum Gasteiger partial charge on any atom is 0.0742 e. The summed E-state index contributed by atoms with van der Waals surface area (Å²) in [6.45, 7) is 2.29. The predicted octanol–water partition coefficient (Wildman–Crippen LogP) is 3.04. The van der Waals surface area contributed by atoms with Gasteiger partial charge in [0, 0.05) is 6.61 Å². The van der Waals surface area contributed by atoms with Crippen LogP contribution in [0.3, 0.4) is 0 Å². The molecule has 0 aromatic rings. The molecule has 0 radical (unpaired) electrons. The third-order valence-electron chi connectivity index (χ3n) is 2.51. The van der Waals surface area contributed by atoms with E-state index in [0.717, 1.165) is 6.42 Å². The van der Waals surface area contributed by atoms with Gasteiger partial charge in [-0.1, -0.05) is 51.2 Å². The van der Waals surface area contributed by atoms with E-state index in [4.69, 9.17) is 5.11 Å². The van der Waals surface area contributed by atoms with Crippen molar-refractivity contribution < 1.29 is 10.2 Å². The van der Waals surface area contributed by atoms with Crippen LogP contribution in [0.1, 0.15) is 58.3 Å². The summed E-state index contributed by atoms with van der Waals surface area (Å²) in [6, 6.07) is 0. The Morgan fingerprint density at radius 2 is 1.73 bits per heavy atom. The topological polar surface area (TPSA) is 40.5 Å². The van der Waals surface area contributed by atoms with Crippen LogP contribution < -0.4 is 0 Å². The fourth-order valence-electron chi connectivity index (χ4n) is 1.52. The van der Waals surface area contributed by atoms with Gasteiger partial charge in [0.2, 0.25) is 0 Å². The van der Waals surface area contributed by atoms with Crippen molar-refractivity contribution in [3.05, 3.63) is 12.2 Å². The number of aliphatic hydroxyl groups is 2. The molecule has 90 valence electrons. The minimum Gasteiger partial charge on any atom is -0.396 e. The molecule has 2 N–H and O–H groups in total. The number of rotatable bonds is 10. The van der Waals surface area contributed by atoms with Gasteiger partial charge in [0.15, 0.2) is 0 Å². The molecule has 1 unspecified atom stereocenters. The summed E-state index contributed by atoms with van der Waals surface area (Å²) in [6.07, 6.45) is 12.7. The van der Waals surface area contributed by atoms with Crippen molar-refractivity contribution in [3.63, 3.8) is 0 Å². The summed E-state index contributed by atoms with van der Waals surface area (Å²) >= 11 is 0. The van der Waals surface area contributed by atoms with Crippen molar-refractivity contribution in [1.29, 1.82) is 0 Å². The zero-order chi connectivity index (χ0) is 11.4. The predicted molar refractivity (Wildman–Crippen MR) is 64.8 cm³/mol. The summed E-state index contributed by atoms with van der Waals surface area (Å²) in [4.78, 5) is 0. The first kappa shape index (κ1) is 14.7. The minimum atomic E-state index is -0.463. The van der Waals surface area contributed by atoms with Crippen LogP contribution in [0.15, 0.2) is 12.2 Å². The van der Waals surface area contributed by atoms with E-state index in [1.165, 1.54) is 38.5 Å². The highest BCUT2D eigenvalue weighted by Crippen LogP contribution is 2.07. The second kappa shape index (κ2) is 11.7. The van der Waals surface area contributed by atoms with Crippen molar-refractivity contribution in [1.82, 2.24) is 0 Å². The lowest BCUT2D eigenvalue weighted by atomic mass is 10.1. The molecule has 0 amide bonds. The summed E-state index contributed by atoms with van der Waals surface area (Å²) in [5.41, 5.74) is 0. The smallest absolute Gasteiger partial charge is 0.0742 e. The molecule has 0 aliphatic carbocycles. The largest absolute Gasteiger partial charge is 0.396 e. The van der Waals surface area contributed by atoms with Gasteiger partial charge < -0.3 is 10.2 Å². The van der Waals surface area contributed by atoms with Crippen LogP contribution in [0.5, 0.6) is 0 Å². The molecule has 0 aliphatic rings. The van der Waals surface area contributed by atoms with Gasteiger partial charge in [-0.05, 0) is 19.3 Å². The molecule has 2 nitrogen and oxygen atoms in total. The fourth-order valence-corrected chi connectivity index (χ4v) is 1.52. The Labute approximate surface area is 94.0 Å². The number of unbranched alkanes of at least 4 members (excludes halogenated alkanes) is 6. The second-order valence-electron chi connectivity index (χ2n) is 4.06. The Morgan fingerprint density at radius 1 is 1.07 bits per heavy atom. The van der Waals surface area contributed by atoms with Crippen LogP contribution in [0.25, 0.3) is 0 Å². The van der Waals surface area contributed by atoms with E-state index in [2.05, 4.69) is 6.92 Å². The number of hydrogen-bond acceptors (Lipinski definition) is 2. The van der Waals surface area contributed by atoms with Crippen LogP contribution in [-0.2, 0) is 0 Å². The number of hydrogen-bond donors (Lipinski definition) is 2. The van der Waals surface area contributed by atoms with Crippen LogP contribution in [0.2, 0.25) is 0 Å². The summed E-state index contributed by atoms with van der Waals surface area (Å²) < 4.78 is 0. The Morgan fingerprint density at radius 3 is 2.40 bits per heavy atom. The molecule has 0 fully saturated rings. The highest BCUT2D eigenvalue weighted by atomic mass is 16.3. The van der Waals surface area contributed by atoms with Crippen LogP contribution in [-0.4, -0.2) is 22.9 Å². The third-order valence-corrected chi connectivity index (χ3v) is 2.51. The standard InChI is InChI=1S/C13H26O2/c1-2-3-4-5-6-7-8-9-10-13(15)11-12-14/h9-10,13-15H,2-8,11-12H2,1H3. The lowest BCUT2D eigenvalue weighted by Crippen LogP contribution is -2.03. The molecule has 0 heterocycles. The van der Waals surface area contributed by atoms with Gasteiger partial charge in [-0.2, -0.15) is 0 Å². The molecule has 0 aromatic heterocycles. The average molecular weight is 214 g/mol. The van der Waals surface area contributed by atoms with Crippen molar-refractivity contribution in [2.75, 3.05) is 6.61 Å². The Bertz CT molecular complexity index is 143. The molecule has 0 bridgehead atoms. The van der Waals surface area contributed by atoms with Gasteiger partial charge in [0.1, 0.15) is 0 Å². The summed E-state index contributed by atoms with van der Waals surface area (Å²) in [7, 11) is 0. The Hall–Kier alpha value is -0.340. The first-order chi connectivity index (χ1) is 7.31. The molecule has 1 atom stereocenters. The van der Waals surface area contributed by atoms with Crippen LogP contribution in [0, 0.1) is 0 Å². The zero-order valence-electron chi connectivity index (χ0n) is 9.99. The molecule has 2 heteroatoms. The molecule has 0 aliphatic heterocycles. The average Bonchev–Trinajstić information content (AvgIpc) is 2.22. The van der Waals surface area contributed by atoms with E-state index in [1.54, 1.807) is 6.08 Å². The first-order valence-electron chi connectivity index (χ1n) is 6.26. The molecular formula is C13H26O2. The maximum absolute atomic E-state index is 9.28. The monoisotopic (exact) mass is 214 g/mol. The van der Waals surface area contributed by atoms with E-state index in [9.17, 15) is 5.11 Å². The van der Waals surface area contributed by atoms with E-state index in [-0.39, 0.29) is 6.61 Å². The highest BCUT2D eigenvalue weighted by molar-refractivity contribution is 4.88. The van der Waals surface area contributed by atoms with Crippen LogP contribution >= 0.6 is 0 Å². The normalized spacial score (nSPS) is 13.5. The van der Waals surface area contributed by atoms with Gasteiger partial charge in [-0.25, -0.2) is 0 Å². The zero-order valence-corrected chi connectivity index (χ0v) is 9.99. The van der Waals surface area contributed by atoms with E-state index >= 15 is 0 Å². The molecule has 0 saturated heterocycles. The Balaban J connectivity index is 3.15. The fraction of sp³-hybridized carbons (Fsp3) is 0.846. The lowest BCUT2D eigenvalue weighted by Gasteiger charge is -2.01. The first-order valence-corrected chi connectivity index (χ1v) is 6.26. The van der Waals surface area contributed by atoms with Gasteiger partial charge in [-0.15, -0.1) is 0 Å². The van der Waals surface area contributed by atoms with Gasteiger partial charge in [0.05, 0.1) is 6.10 Å². The molecule has 0 rings (SSSR count). The SMILES string of the molecule is CCCCCCCCC=CC(O)CCO.